The van der Waals surface area contributed by atoms with Crippen molar-refractivity contribution in [2.75, 3.05) is 56.4 Å². The van der Waals surface area contributed by atoms with Crippen molar-refractivity contribution in [3.05, 3.63) is 12.4 Å². The number of hydrogen-bond donors (Lipinski definition) is 1. The summed E-state index contributed by atoms with van der Waals surface area (Å²) in [5, 5.41) is 0. The number of nitrogens with one attached hydrogen (secondary N) is 1. The van der Waals surface area contributed by atoms with Crippen molar-refractivity contribution in [1.82, 2.24) is 14.7 Å². The quantitative estimate of drug-likeness (QED) is 0.800. The molecule has 24 heavy (non-hydrogen) atoms. The van der Waals surface area contributed by atoms with Crippen molar-refractivity contribution < 1.29 is 13.2 Å². The highest BCUT2D eigenvalue weighted by atomic mass is 32.2. The van der Waals surface area contributed by atoms with Crippen LogP contribution in [0, 0.1) is 5.92 Å². The Morgan fingerprint density at radius 1 is 1.42 bits per heavy atom. The fraction of sp³-hybridized carbons (Fsp3) is 0.733. The van der Waals surface area contributed by atoms with Gasteiger partial charge in [0.25, 0.3) is 0 Å². The van der Waals surface area contributed by atoms with Crippen LogP contribution in [-0.2, 0) is 14.8 Å². The highest BCUT2D eigenvalue weighted by molar-refractivity contribution is 7.88. The average molecular weight is 355 g/mol. The molecule has 1 unspecified atom stereocenters. The normalized spacial score (nSPS) is 23.1. The molecule has 1 aromatic heterocycles. The van der Waals surface area contributed by atoms with Crippen LogP contribution >= 0.6 is 0 Å². The fourth-order valence-electron chi connectivity index (χ4n) is 3.16. The van der Waals surface area contributed by atoms with E-state index >= 15 is 0 Å². The molecule has 0 aliphatic carbocycles. The zero-order valence-corrected chi connectivity index (χ0v) is 15.2. The molecule has 0 amide bonds. The van der Waals surface area contributed by atoms with E-state index in [4.69, 9.17) is 4.74 Å². The van der Waals surface area contributed by atoms with Crippen molar-refractivity contribution in [3.63, 3.8) is 0 Å². The first-order valence-electron chi connectivity index (χ1n) is 8.09. The molecular formula is C15H25N5O3S. The van der Waals surface area contributed by atoms with Crippen LogP contribution in [0.5, 0.6) is 0 Å². The van der Waals surface area contributed by atoms with Crippen LogP contribution < -0.4 is 14.5 Å². The lowest BCUT2D eigenvalue weighted by Crippen LogP contribution is -2.65. The second-order valence-corrected chi connectivity index (χ2v) is 8.84. The molecule has 2 saturated heterocycles. The lowest BCUT2D eigenvalue weighted by Gasteiger charge is -2.53. The molecule has 0 bridgehead atoms. The molecule has 1 N–H and O–H groups in total. The van der Waals surface area contributed by atoms with Gasteiger partial charge < -0.3 is 14.5 Å². The molecule has 1 spiro atoms. The van der Waals surface area contributed by atoms with Gasteiger partial charge in [0.05, 0.1) is 26.0 Å². The SMILES string of the molecule is CN(C)c1cc(N2CC3(CCC(CNS(C)(=O)=O)CO3)C2)ncn1. The van der Waals surface area contributed by atoms with Gasteiger partial charge in [-0.2, -0.15) is 0 Å². The average Bonchev–Trinajstić information content (AvgIpc) is 2.50. The molecule has 0 saturated carbocycles. The van der Waals surface area contributed by atoms with Gasteiger partial charge >= 0.3 is 0 Å². The predicted molar refractivity (Wildman–Crippen MR) is 92.8 cm³/mol. The second kappa shape index (κ2) is 6.45. The lowest BCUT2D eigenvalue weighted by molar-refractivity contribution is -0.114. The molecule has 8 nitrogen and oxygen atoms in total. The predicted octanol–water partition coefficient (Wildman–Crippen LogP) is 0.0772. The highest BCUT2D eigenvalue weighted by Crippen LogP contribution is 2.38. The van der Waals surface area contributed by atoms with E-state index < -0.39 is 10.0 Å². The van der Waals surface area contributed by atoms with E-state index in [1.165, 1.54) is 6.26 Å². The van der Waals surface area contributed by atoms with Crippen LogP contribution in [0.15, 0.2) is 12.4 Å². The molecular weight excluding hydrogens is 330 g/mol. The molecule has 3 heterocycles. The summed E-state index contributed by atoms with van der Waals surface area (Å²) >= 11 is 0. The Morgan fingerprint density at radius 2 is 2.17 bits per heavy atom. The molecule has 3 rings (SSSR count). The number of nitrogens with zero attached hydrogens (tertiary/aromatic N) is 4. The van der Waals surface area contributed by atoms with E-state index in [-0.39, 0.29) is 11.5 Å². The van der Waals surface area contributed by atoms with Gasteiger partial charge in [-0.1, -0.05) is 0 Å². The van der Waals surface area contributed by atoms with Gasteiger partial charge in [-0.05, 0) is 18.8 Å². The molecule has 2 fully saturated rings. The van der Waals surface area contributed by atoms with E-state index in [9.17, 15) is 8.42 Å². The first kappa shape index (κ1) is 17.4. The maximum Gasteiger partial charge on any atom is 0.208 e. The van der Waals surface area contributed by atoms with Gasteiger partial charge in [0.1, 0.15) is 23.6 Å². The summed E-state index contributed by atoms with van der Waals surface area (Å²) < 4.78 is 31.0. The molecule has 9 heteroatoms. The summed E-state index contributed by atoms with van der Waals surface area (Å²) in [5.74, 6) is 2.06. The smallest absolute Gasteiger partial charge is 0.208 e. The van der Waals surface area contributed by atoms with Crippen LogP contribution in [-0.4, -0.2) is 70.6 Å². The van der Waals surface area contributed by atoms with Crippen LogP contribution in [0.4, 0.5) is 11.6 Å². The van der Waals surface area contributed by atoms with Gasteiger partial charge in [-0.25, -0.2) is 23.1 Å². The zero-order valence-electron chi connectivity index (χ0n) is 14.4. The molecule has 0 radical (unpaired) electrons. The van der Waals surface area contributed by atoms with E-state index in [0.29, 0.717) is 13.2 Å². The van der Waals surface area contributed by atoms with Gasteiger partial charge in [0, 0.05) is 26.7 Å². The fourth-order valence-corrected chi connectivity index (χ4v) is 3.70. The highest BCUT2D eigenvalue weighted by Gasteiger charge is 2.47. The molecule has 1 aromatic rings. The molecule has 2 aliphatic heterocycles. The lowest BCUT2D eigenvalue weighted by atomic mass is 9.83. The largest absolute Gasteiger partial charge is 0.371 e. The summed E-state index contributed by atoms with van der Waals surface area (Å²) in [6.45, 7) is 2.70. The van der Waals surface area contributed by atoms with E-state index in [0.717, 1.165) is 37.6 Å². The van der Waals surface area contributed by atoms with Crippen molar-refractivity contribution in [1.29, 1.82) is 0 Å². The van der Waals surface area contributed by atoms with Gasteiger partial charge in [0.15, 0.2) is 0 Å². The first-order chi connectivity index (χ1) is 11.3. The zero-order chi connectivity index (χ0) is 17.4. The maximum atomic E-state index is 11.2. The minimum atomic E-state index is -3.13. The number of sulfonamides is 1. The number of ether oxygens (including phenoxy) is 1. The Hall–Kier alpha value is -1.45. The summed E-state index contributed by atoms with van der Waals surface area (Å²) in [4.78, 5) is 12.7. The van der Waals surface area contributed by atoms with E-state index in [1.54, 1.807) is 6.33 Å². The summed E-state index contributed by atoms with van der Waals surface area (Å²) in [7, 11) is 0.782. The standard InChI is InChI=1S/C15H25N5O3S/c1-19(2)13-6-14(17-11-16-13)20-9-15(10-20)5-4-12(8-23-15)7-18-24(3,21)22/h6,11-12,18H,4-5,7-10H2,1-3H3. The van der Waals surface area contributed by atoms with Crippen LogP contribution in [0.1, 0.15) is 12.8 Å². The minimum absolute atomic E-state index is 0.106. The van der Waals surface area contributed by atoms with Gasteiger partial charge in [-0.15, -0.1) is 0 Å². The van der Waals surface area contributed by atoms with Crippen molar-refractivity contribution in [2.24, 2.45) is 5.92 Å². The Morgan fingerprint density at radius 3 is 2.75 bits per heavy atom. The van der Waals surface area contributed by atoms with Crippen LogP contribution in [0.3, 0.4) is 0 Å². The Bertz CT molecular complexity index is 678. The summed E-state index contributed by atoms with van der Waals surface area (Å²) in [5.41, 5.74) is -0.106. The number of anilines is 2. The molecule has 1 atom stereocenters. The van der Waals surface area contributed by atoms with Crippen molar-refractivity contribution in [3.8, 4) is 0 Å². The number of aromatic nitrogens is 2. The molecule has 2 aliphatic rings. The van der Waals surface area contributed by atoms with Crippen LogP contribution in [0.2, 0.25) is 0 Å². The molecule has 0 aromatic carbocycles. The van der Waals surface area contributed by atoms with E-state index in [1.807, 2.05) is 25.1 Å². The van der Waals surface area contributed by atoms with E-state index in [2.05, 4.69) is 19.6 Å². The van der Waals surface area contributed by atoms with Crippen molar-refractivity contribution >= 4 is 21.7 Å². The van der Waals surface area contributed by atoms with Gasteiger partial charge in [-0.3, -0.25) is 0 Å². The second-order valence-electron chi connectivity index (χ2n) is 7.00. The molecule has 134 valence electrons. The summed E-state index contributed by atoms with van der Waals surface area (Å²) in [6, 6.07) is 1.98. The third kappa shape index (κ3) is 3.96. The van der Waals surface area contributed by atoms with Crippen LogP contribution in [0.25, 0.3) is 0 Å². The maximum absolute atomic E-state index is 11.2. The Kier molecular flexibility index (Phi) is 4.67. The first-order valence-corrected chi connectivity index (χ1v) is 9.98. The Labute approximate surface area is 143 Å². The number of rotatable bonds is 5. The van der Waals surface area contributed by atoms with Crippen molar-refractivity contribution in [2.45, 2.75) is 18.4 Å². The van der Waals surface area contributed by atoms with Gasteiger partial charge in [0.2, 0.25) is 10.0 Å². The summed E-state index contributed by atoms with van der Waals surface area (Å²) in [6.07, 6.45) is 4.70. The third-order valence-corrected chi connectivity index (χ3v) is 5.34. The monoisotopic (exact) mass is 355 g/mol. The Balaban J connectivity index is 1.51. The topological polar surface area (TPSA) is 87.7 Å². The number of hydrogen-bond acceptors (Lipinski definition) is 7. The minimum Gasteiger partial charge on any atom is -0.371 e. The third-order valence-electron chi connectivity index (χ3n) is 4.65.